The molecule has 0 fully saturated rings. The van der Waals surface area contributed by atoms with Crippen LogP contribution in [0.5, 0.6) is 0 Å². The smallest absolute Gasteiger partial charge is 0.147 e. The molecule has 1 aromatic heterocycles. The molecular formula is C19H18F2IN3O. The highest BCUT2D eigenvalue weighted by molar-refractivity contribution is 14.1. The van der Waals surface area contributed by atoms with Gasteiger partial charge in [0.25, 0.3) is 0 Å². The zero-order valence-corrected chi connectivity index (χ0v) is 16.0. The van der Waals surface area contributed by atoms with E-state index in [1.807, 2.05) is 34.7 Å². The Morgan fingerprint density at radius 2 is 2.12 bits per heavy atom. The van der Waals surface area contributed by atoms with Crippen molar-refractivity contribution < 1.29 is 13.5 Å². The van der Waals surface area contributed by atoms with Gasteiger partial charge in [-0.2, -0.15) is 0 Å². The molecule has 0 saturated heterocycles. The Hall–Kier alpha value is -2.00. The Bertz CT molecular complexity index is 827. The Morgan fingerprint density at radius 3 is 2.85 bits per heavy atom. The summed E-state index contributed by atoms with van der Waals surface area (Å²) in [6, 6.07) is 7.33. The molecule has 2 unspecified atom stereocenters. The van der Waals surface area contributed by atoms with Gasteiger partial charge in [0, 0.05) is 28.5 Å². The van der Waals surface area contributed by atoms with E-state index in [1.54, 1.807) is 24.5 Å². The van der Waals surface area contributed by atoms with Crippen molar-refractivity contribution >= 4 is 28.3 Å². The fraction of sp³-hybridized carbons (Fsp3) is 0.211. The lowest BCUT2D eigenvalue weighted by atomic mass is 10.0. The molecule has 2 aromatic rings. The van der Waals surface area contributed by atoms with Crippen LogP contribution in [-0.4, -0.2) is 23.7 Å². The fourth-order valence-electron chi connectivity index (χ4n) is 2.62. The van der Waals surface area contributed by atoms with Crippen molar-refractivity contribution in [3.63, 3.8) is 0 Å². The number of hydrogen-bond donors (Lipinski definition) is 2. The maximum absolute atomic E-state index is 14.0. The third-order valence-corrected chi connectivity index (χ3v) is 4.64. The zero-order valence-electron chi connectivity index (χ0n) is 13.8. The summed E-state index contributed by atoms with van der Waals surface area (Å²) in [6.45, 7) is 0.350. The number of nitrogens with zero attached hydrogens (tertiary/aromatic N) is 1. The van der Waals surface area contributed by atoms with Gasteiger partial charge >= 0.3 is 0 Å². The molecule has 0 spiro atoms. The first-order chi connectivity index (χ1) is 12.5. The molecule has 7 heteroatoms. The summed E-state index contributed by atoms with van der Waals surface area (Å²) in [7, 11) is 0. The highest BCUT2D eigenvalue weighted by atomic mass is 127. The molecule has 4 nitrogen and oxygen atoms in total. The van der Waals surface area contributed by atoms with Crippen molar-refractivity contribution in [1.82, 2.24) is 4.98 Å². The molecule has 2 atom stereocenters. The van der Waals surface area contributed by atoms with Crippen molar-refractivity contribution in [3.05, 3.63) is 81.4 Å². The first kappa shape index (κ1) is 18.8. The van der Waals surface area contributed by atoms with E-state index in [0.717, 1.165) is 9.13 Å². The van der Waals surface area contributed by atoms with E-state index in [0.29, 0.717) is 18.8 Å². The number of nitrogens with two attached hydrogens (primary N) is 1. The van der Waals surface area contributed by atoms with Gasteiger partial charge in [0.15, 0.2) is 0 Å². The van der Waals surface area contributed by atoms with Crippen LogP contribution >= 0.6 is 22.6 Å². The van der Waals surface area contributed by atoms with E-state index in [4.69, 9.17) is 10.5 Å². The monoisotopic (exact) mass is 469 g/mol. The van der Waals surface area contributed by atoms with Crippen LogP contribution in [0.4, 0.5) is 14.5 Å². The van der Waals surface area contributed by atoms with Crippen LogP contribution in [-0.2, 0) is 11.2 Å². The van der Waals surface area contributed by atoms with E-state index in [-0.39, 0.29) is 5.69 Å². The van der Waals surface area contributed by atoms with Gasteiger partial charge in [-0.1, -0.05) is 6.07 Å². The van der Waals surface area contributed by atoms with Crippen LogP contribution < -0.4 is 11.1 Å². The topological polar surface area (TPSA) is 60.2 Å². The molecule has 3 N–H and O–H groups in total. The molecule has 0 saturated carbocycles. The Kier molecular flexibility index (Phi) is 6.20. The minimum Gasteiger partial charge on any atom is -0.496 e. The quantitative estimate of drug-likeness (QED) is 0.630. The number of halogens is 3. The third kappa shape index (κ3) is 4.79. The Labute approximate surface area is 164 Å². The highest BCUT2D eigenvalue weighted by Crippen LogP contribution is 2.24. The van der Waals surface area contributed by atoms with Crippen molar-refractivity contribution in [3.8, 4) is 0 Å². The van der Waals surface area contributed by atoms with Gasteiger partial charge in [0.1, 0.15) is 17.4 Å². The second-order valence-electron chi connectivity index (χ2n) is 5.88. The van der Waals surface area contributed by atoms with E-state index in [1.165, 1.54) is 18.2 Å². The molecule has 0 bridgehead atoms. The Morgan fingerprint density at radius 1 is 1.27 bits per heavy atom. The normalized spacial score (nSPS) is 19.5. The maximum Gasteiger partial charge on any atom is 0.147 e. The molecule has 0 amide bonds. The minimum absolute atomic E-state index is 0.270. The highest BCUT2D eigenvalue weighted by Gasteiger charge is 2.26. The predicted octanol–water partition coefficient (Wildman–Crippen LogP) is 3.94. The number of allylic oxidation sites excluding steroid dienone is 2. The average Bonchev–Trinajstić information content (AvgIpc) is 2.62. The third-order valence-electron chi connectivity index (χ3n) is 3.97. The van der Waals surface area contributed by atoms with Gasteiger partial charge in [0.05, 0.1) is 24.4 Å². The first-order valence-electron chi connectivity index (χ1n) is 8.11. The van der Waals surface area contributed by atoms with Crippen LogP contribution in [0.15, 0.2) is 66.5 Å². The van der Waals surface area contributed by atoms with Crippen LogP contribution in [0.2, 0.25) is 0 Å². The minimum atomic E-state index is -0.623. The molecule has 1 aromatic carbocycles. The van der Waals surface area contributed by atoms with Crippen molar-refractivity contribution in [2.24, 2.45) is 5.73 Å². The SMILES string of the molecule is NC1C(OCCc2cccnc2)=CC(F)=CC1Nc1ccc(I)cc1F. The summed E-state index contributed by atoms with van der Waals surface area (Å²) in [4.78, 5) is 4.04. The second-order valence-corrected chi connectivity index (χ2v) is 7.12. The number of aromatic nitrogens is 1. The largest absolute Gasteiger partial charge is 0.496 e. The number of hydrogen-bond acceptors (Lipinski definition) is 4. The van der Waals surface area contributed by atoms with Crippen molar-refractivity contribution in [2.45, 2.75) is 18.5 Å². The number of ether oxygens (including phenoxy) is 1. The Balaban J connectivity index is 1.64. The summed E-state index contributed by atoms with van der Waals surface area (Å²) < 4.78 is 34.5. The summed E-state index contributed by atoms with van der Waals surface area (Å²) in [5.41, 5.74) is 7.48. The number of nitrogens with one attached hydrogen (secondary N) is 1. The van der Waals surface area contributed by atoms with Gasteiger partial charge in [-0.15, -0.1) is 0 Å². The standard InChI is InChI=1S/C19H18F2IN3O/c20-13-8-17(25-16-4-3-14(22)10-15(16)21)19(23)18(9-13)26-7-5-12-2-1-6-24-11-12/h1-4,6,8-11,17,19,25H,5,7,23H2. The summed E-state index contributed by atoms with van der Waals surface area (Å²) in [5, 5.41) is 2.94. The maximum atomic E-state index is 14.0. The molecular weight excluding hydrogens is 451 g/mol. The van der Waals surface area contributed by atoms with Gasteiger partial charge in [0.2, 0.25) is 0 Å². The van der Waals surface area contributed by atoms with Crippen molar-refractivity contribution in [1.29, 1.82) is 0 Å². The van der Waals surface area contributed by atoms with Gasteiger partial charge < -0.3 is 15.8 Å². The summed E-state index contributed by atoms with van der Waals surface area (Å²) in [5.74, 6) is -0.546. The molecule has 26 heavy (non-hydrogen) atoms. The van der Waals surface area contributed by atoms with E-state index < -0.39 is 23.7 Å². The van der Waals surface area contributed by atoms with Crippen molar-refractivity contribution in [2.75, 3.05) is 11.9 Å². The molecule has 1 aliphatic rings. The number of anilines is 1. The van der Waals surface area contributed by atoms with Crippen LogP contribution in [0.1, 0.15) is 5.56 Å². The van der Waals surface area contributed by atoms with Crippen LogP contribution in [0, 0.1) is 9.39 Å². The van der Waals surface area contributed by atoms with E-state index >= 15 is 0 Å². The fourth-order valence-corrected chi connectivity index (χ4v) is 3.07. The summed E-state index contributed by atoms with van der Waals surface area (Å²) >= 11 is 2.03. The molecule has 1 aliphatic carbocycles. The van der Waals surface area contributed by atoms with Crippen LogP contribution in [0.3, 0.4) is 0 Å². The second kappa shape index (κ2) is 8.59. The van der Waals surface area contributed by atoms with Gasteiger partial charge in [-0.25, -0.2) is 8.78 Å². The number of pyridine rings is 1. The molecule has 0 radical (unpaired) electrons. The summed E-state index contributed by atoms with van der Waals surface area (Å²) in [6.07, 6.45) is 6.69. The first-order valence-corrected chi connectivity index (χ1v) is 9.18. The van der Waals surface area contributed by atoms with Crippen LogP contribution in [0.25, 0.3) is 0 Å². The molecule has 136 valence electrons. The molecule has 0 aliphatic heterocycles. The molecule has 1 heterocycles. The zero-order chi connectivity index (χ0) is 18.5. The molecule has 3 rings (SSSR count). The van der Waals surface area contributed by atoms with E-state index in [2.05, 4.69) is 10.3 Å². The number of rotatable bonds is 6. The average molecular weight is 469 g/mol. The number of benzene rings is 1. The predicted molar refractivity (Wildman–Crippen MR) is 106 cm³/mol. The van der Waals surface area contributed by atoms with Gasteiger partial charge in [-0.3, -0.25) is 4.98 Å². The van der Waals surface area contributed by atoms with E-state index in [9.17, 15) is 8.78 Å². The lowest BCUT2D eigenvalue weighted by Crippen LogP contribution is -2.43. The lowest BCUT2D eigenvalue weighted by molar-refractivity contribution is 0.192. The lowest BCUT2D eigenvalue weighted by Gasteiger charge is -2.28. The van der Waals surface area contributed by atoms with Gasteiger partial charge in [-0.05, 0) is 58.5 Å².